The Morgan fingerprint density at radius 1 is 1.00 bits per heavy atom. The number of hydrogen-bond acceptors (Lipinski definition) is 3. The highest BCUT2D eigenvalue weighted by Gasteiger charge is 2.55. The Morgan fingerprint density at radius 2 is 1.60 bits per heavy atom. The number of ether oxygens (including phenoxy) is 1. The molecule has 2 atom stereocenters. The van der Waals surface area contributed by atoms with Crippen LogP contribution in [0.2, 0.25) is 0 Å². The van der Waals surface area contributed by atoms with E-state index in [1.54, 1.807) is 24.3 Å². The SMILES string of the molecule is C=C1CC2COC(=O)C2(Cc2ccc(NCc3c(F)c(F)c(F)c(F)c3F)cc2)C1. The van der Waals surface area contributed by atoms with Crippen molar-refractivity contribution < 1.29 is 31.5 Å². The first-order valence-electron chi connectivity index (χ1n) is 9.40. The first-order chi connectivity index (χ1) is 14.2. The zero-order valence-corrected chi connectivity index (χ0v) is 15.8. The molecule has 2 aromatic carbocycles. The summed E-state index contributed by atoms with van der Waals surface area (Å²) < 4.78 is 72.6. The monoisotopic (exact) mass is 423 g/mol. The summed E-state index contributed by atoms with van der Waals surface area (Å²) in [6.07, 6.45) is 1.82. The van der Waals surface area contributed by atoms with Crippen molar-refractivity contribution in [1.82, 2.24) is 0 Å². The number of hydrogen-bond donors (Lipinski definition) is 1. The van der Waals surface area contributed by atoms with Gasteiger partial charge in [0.05, 0.1) is 12.0 Å². The van der Waals surface area contributed by atoms with Crippen molar-refractivity contribution in [3.8, 4) is 0 Å². The number of benzene rings is 2. The fourth-order valence-electron chi connectivity index (χ4n) is 4.36. The lowest BCUT2D eigenvalue weighted by Gasteiger charge is -2.24. The second kappa shape index (κ2) is 7.41. The van der Waals surface area contributed by atoms with Gasteiger partial charge in [-0.2, -0.15) is 0 Å². The minimum absolute atomic E-state index is 0.101. The summed E-state index contributed by atoms with van der Waals surface area (Å²) in [6, 6.07) is 6.74. The molecule has 158 valence electrons. The predicted octanol–water partition coefficient (Wildman–Crippen LogP) is 5.05. The van der Waals surface area contributed by atoms with E-state index in [9.17, 15) is 26.7 Å². The van der Waals surface area contributed by atoms with E-state index in [1.165, 1.54) is 0 Å². The number of anilines is 1. The number of carbonyl (C=O) groups is 1. The fourth-order valence-corrected chi connectivity index (χ4v) is 4.36. The fraction of sp³-hybridized carbons (Fsp3) is 0.318. The van der Waals surface area contributed by atoms with Gasteiger partial charge in [-0.3, -0.25) is 4.79 Å². The lowest BCUT2D eigenvalue weighted by molar-refractivity contribution is -0.146. The largest absolute Gasteiger partial charge is 0.465 e. The Balaban J connectivity index is 1.48. The highest BCUT2D eigenvalue weighted by molar-refractivity contribution is 5.81. The molecule has 1 N–H and O–H groups in total. The summed E-state index contributed by atoms with van der Waals surface area (Å²) in [4.78, 5) is 12.4. The molecule has 0 amide bonds. The van der Waals surface area contributed by atoms with Gasteiger partial charge in [-0.25, -0.2) is 22.0 Å². The van der Waals surface area contributed by atoms with Crippen LogP contribution in [-0.2, 0) is 22.5 Å². The third-order valence-corrected chi connectivity index (χ3v) is 5.95. The maximum atomic E-state index is 13.8. The van der Waals surface area contributed by atoms with Crippen molar-refractivity contribution >= 4 is 11.7 Å². The molecule has 3 nitrogen and oxygen atoms in total. The van der Waals surface area contributed by atoms with Gasteiger partial charge in [-0.15, -0.1) is 0 Å². The summed E-state index contributed by atoms with van der Waals surface area (Å²) in [7, 11) is 0. The number of esters is 1. The predicted molar refractivity (Wildman–Crippen MR) is 99.0 cm³/mol. The Kier molecular flexibility index (Phi) is 5.03. The van der Waals surface area contributed by atoms with E-state index in [4.69, 9.17) is 4.74 Å². The van der Waals surface area contributed by atoms with Gasteiger partial charge in [-0.1, -0.05) is 24.3 Å². The van der Waals surface area contributed by atoms with E-state index >= 15 is 0 Å². The molecule has 30 heavy (non-hydrogen) atoms. The first kappa shape index (κ1) is 20.4. The Bertz CT molecular complexity index is 1010. The molecule has 2 unspecified atom stereocenters. The smallest absolute Gasteiger partial charge is 0.313 e. The lowest BCUT2D eigenvalue weighted by atomic mass is 9.75. The topological polar surface area (TPSA) is 38.3 Å². The standard InChI is InChI=1S/C22H18F5NO2/c1-11-6-13-10-30-21(29)22(13,7-11)8-12-2-4-14(5-3-12)28-9-15-16(23)18(25)20(27)19(26)17(15)24/h2-5,13,28H,1,6-10H2. The van der Waals surface area contributed by atoms with Crippen LogP contribution in [0.3, 0.4) is 0 Å². The van der Waals surface area contributed by atoms with Gasteiger partial charge in [0.25, 0.3) is 0 Å². The van der Waals surface area contributed by atoms with Crippen LogP contribution in [0.15, 0.2) is 36.4 Å². The van der Waals surface area contributed by atoms with Crippen LogP contribution < -0.4 is 5.32 Å². The Morgan fingerprint density at radius 3 is 2.23 bits per heavy atom. The second-order valence-electron chi connectivity index (χ2n) is 7.86. The van der Waals surface area contributed by atoms with E-state index in [0.717, 1.165) is 17.6 Å². The van der Waals surface area contributed by atoms with Gasteiger partial charge in [0, 0.05) is 23.7 Å². The maximum absolute atomic E-state index is 13.8. The summed E-state index contributed by atoms with van der Waals surface area (Å²) in [5.74, 6) is -9.98. The van der Waals surface area contributed by atoms with Crippen LogP contribution in [0.25, 0.3) is 0 Å². The van der Waals surface area contributed by atoms with Gasteiger partial charge in [0.15, 0.2) is 23.3 Å². The van der Waals surface area contributed by atoms with Gasteiger partial charge in [-0.05, 0) is 37.0 Å². The molecular formula is C22H18F5NO2. The zero-order chi connectivity index (χ0) is 21.6. The minimum atomic E-state index is -2.18. The number of allylic oxidation sites excluding steroid dienone is 1. The first-order valence-corrected chi connectivity index (χ1v) is 9.40. The number of fused-ring (bicyclic) bond motifs is 1. The number of nitrogens with one attached hydrogen (secondary N) is 1. The highest BCUT2D eigenvalue weighted by Crippen LogP contribution is 2.52. The molecule has 2 fully saturated rings. The molecule has 1 saturated carbocycles. The number of cyclic esters (lactones) is 1. The quantitative estimate of drug-likeness (QED) is 0.241. The summed E-state index contributed by atoms with van der Waals surface area (Å²) >= 11 is 0. The molecule has 1 saturated heterocycles. The third kappa shape index (κ3) is 3.24. The molecule has 4 rings (SSSR count). The van der Waals surface area contributed by atoms with Crippen LogP contribution in [0.5, 0.6) is 0 Å². The van der Waals surface area contributed by atoms with Gasteiger partial charge in [0.2, 0.25) is 5.82 Å². The molecule has 0 spiro atoms. The highest BCUT2D eigenvalue weighted by atomic mass is 19.2. The van der Waals surface area contributed by atoms with Crippen molar-refractivity contribution in [2.75, 3.05) is 11.9 Å². The second-order valence-corrected chi connectivity index (χ2v) is 7.86. The molecular weight excluding hydrogens is 405 g/mol. The van der Waals surface area contributed by atoms with Crippen LogP contribution >= 0.6 is 0 Å². The summed E-state index contributed by atoms with van der Waals surface area (Å²) in [5, 5.41) is 2.66. The van der Waals surface area contributed by atoms with Crippen LogP contribution in [0, 0.1) is 40.4 Å². The molecule has 0 aromatic heterocycles. The Hall–Kier alpha value is -2.90. The lowest BCUT2D eigenvalue weighted by Crippen LogP contribution is -2.31. The molecule has 1 aliphatic heterocycles. The van der Waals surface area contributed by atoms with Crippen molar-refractivity contribution in [3.05, 3.63) is 76.6 Å². The van der Waals surface area contributed by atoms with E-state index in [1.807, 2.05) is 0 Å². The normalized spacial score (nSPS) is 22.9. The molecule has 8 heteroatoms. The van der Waals surface area contributed by atoms with E-state index < -0.39 is 46.6 Å². The van der Waals surface area contributed by atoms with Crippen LogP contribution in [-0.4, -0.2) is 12.6 Å². The van der Waals surface area contributed by atoms with Gasteiger partial charge >= 0.3 is 5.97 Å². The molecule has 2 aromatic rings. The van der Waals surface area contributed by atoms with Gasteiger partial charge < -0.3 is 10.1 Å². The van der Waals surface area contributed by atoms with Crippen molar-refractivity contribution in [3.63, 3.8) is 0 Å². The van der Waals surface area contributed by atoms with Crippen LogP contribution in [0.1, 0.15) is 24.0 Å². The number of rotatable bonds is 5. The summed E-state index contributed by atoms with van der Waals surface area (Å²) in [6.45, 7) is 3.81. The van der Waals surface area contributed by atoms with Crippen molar-refractivity contribution in [2.45, 2.75) is 25.8 Å². The molecule has 1 aliphatic carbocycles. The zero-order valence-electron chi connectivity index (χ0n) is 15.8. The van der Waals surface area contributed by atoms with E-state index in [0.29, 0.717) is 25.1 Å². The average Bonchev–Trinajstić information content (AvgIpc) is 3.20. The summed E-state index contributed by atoms with van der Waals surface area (Å²) in [5.41, 5.74) is 0.784. The minimum Gasteiger partial charge on any atom is -0.465 e. The van der Waals surface area contributed by atoms with Gasteiger partial charge in [0.1, 0.15) is 0 Å². The van der Waals surface area contributed by atoms with Crippen molar-refractivity contribution in [2.24, 2.45) is 11.3 Å². The number of halogens is 5. The molecule has 2 aliphatic rings. The molecule has 0 radical (unpaired) electrons. The Labute approximate surface area is 169 Å². The van der Waals surface area contributed by atoms with E-state index in [-0.39, 0.29) is 11.9 Å². The molecule has 1 heterocycles. The number of carbonyl (C=O) groups excluding carboxylic acids is 1. The van der Waals surface area contributed by atoms with Crippen molar-refractivity contribution in [1.29, 1.82) is 0 Å². The van der Waals surface area contributed by atoms with E-state index in [2.05, 4.69) is 11.9 Å². The molecule has 0 bridgehead atoms. The third-order valence-electron chi connectivity index (χ3n) is 5.95. The average molecular weight is 423 g/mol. The van der Waals surface area contributed by atoms with Crippen LogP contribution in [0.4, 0.5) is 27.6 Å². The maximum Gasteiger partial charge on any atom is 0.313 e.